The predicted octanol–water partition coefficient (Wildman–Crippen LogP) is 6.06. The van der Waals surface area contributed by atoms with Gasteiger partial charge in [0.05, 0.1) is 4.92 Å². The van der Waals surface area contributed by atoms with E-state index < -0.39 is 4.92 Å². The molecule has 0 saturated heterocycles. The minimum absolute atomic E-state index is 0.0634. The topological polar surface area (TPSA) is 64.4 Å². The van der Waals surface area contributed by atoms with Crippen LogP contribution in [0.2, 0.25) is 5.02 Å². The first-order valence-electron chi connectivity index (χ1n) is 8.88. The number of nitro groups is 1. The zero-order valence-electron chi connectivity index (χ0n) is 15.7. The summed E-state index contributed by atoms with van der Waals surface area (Å²) in [6.07, 6.45) is 0. The Morgan fingerprint density at radius 3 is 2.43 bits per heavy atom. The summed E-state index contributed by atoms with van der Waals surface area (Å²) in [4.78, 5) is 10.3. The second kappa shape index (κ2) is 8.76. The van der Waals surface area contributed by atoms with Crippen molar-refractivity contribution in [1.29, 1.82) is 0 Å². The van der Waals surface area contributed by atoms with Gasteiger partial charge >= 0.3 is 0 Å². The first-order chi connectivity index (χ1) is 13.4. The molecule has 0 aliphatic heterocycles. The van der Waals surface area contributed by atoms with Crippen molar-refractivity contribution < 1.29 is 9.66 Å². The van der Waals surface area contributed by atoms with Crippen molar-refractivity contribution in [1.82, 2.24) is 0 Å². The van der Waals surface area contributed by atoms with Crippen LogP contribution in [0.15, 0.2) is 60.7 Å². The summed E-state index contributed by atoms with van der Waals surface area (Å²) in [6, 6.07) is 18.1. The molecule has 0 bridgehead atoms. The van der Waals surface area contributed by atoms with E-state index in [0.717, 1.165) is 22.6 Å². The van der Waals surface area contributed by atoms with Crippen molar-refractivity contribution in [3.05, 3.63) is 98.1 Å². The standard InChI is InChI=1S/C22H21ClN2O3/c1-15-3-7-20(11-16(15)2)24-13-18-12-19(23)6-10-22(18)28-14-17-4-8-21(9-5-17)25(26)27/h3-12,24H,13-14H2,1-2H3. The van der Waals surface area contributed by atoms with Crippen LogP contribution in [0.25, 0.3) is 0 Å². The Bertz CT molecular complexity index is 988. The van der Waals surface area contributed by atoms with Gasteiger partial charge in [0.2, 0.25) is 0 Å². The summed E-state index contributed by atoms with van der Waals surface area (Å²) in [5, 5.41) is 14.8. The van der Waals surface area contributed by atoms with Crippen LogP contribution in [0.3, 0.4) is 0 Å². The molecule has 0 spiro atoms. The largest absolute Gasteiger partial charge is 0.489 e. The third kappa shape index (κ3) is 5.02. The van der Waals surface area contributed by atoms with E-state index in [1.807, 2.05) is 18.2 Å². The Labute approximate surface area is 169 Å². The number of aryl methyl sites for hydroxylation is 2. The van der Waals surface area contributed by atoms with Crippen LogP contribution >= 0.6 is 11.6 Å². The van der Waals surface area contributed by atoms with Gasteiger partial charge in [0.15, 0.2) is 0 Å². The Morgan fingerprint density at radius 2 is 1.75 bits per heavy atom. The maximum absolute atomic E-state index is 10.8. The molecule has 0 radical (unpaired) electrons. The Kier molecular flexibility index (Phi) is 6.16. The molecule has 28 heavy (non-hydrogen) atoms. The van der Waals surface area contributed by atoms with Gasteiger partial charge in [-0.3, -0.25) is 10.1 Å². The molecule has 0 unspecified atom stereocenters. The number of rotatable bonds is 7. The molecule has 0 fully saturated rings. The van der Waals surface area contributed by atoms with Gasteiger partial charge in [-0.25, -0.2) is 0 Å². The average Bonchev–Trinajstić information content (AvgIpc) is 2.68. The van der Waals surface area contributed by atoms with E-state index in [1.54, 1.807) is 18.2 Å². The first-order valence-corrected chi connectivity index (χ1v) is 9.26. The number of nitro benzene ring substituents is 1. The summed E-state index contributed by atoms with van der Waals surface area (Å²) < 4.78 is 5.94. The zero-order valence-corrected chi connectivity index (χ0v) is 16.5. The number of nitrogens with one attached hydrogen (secondary N) is 1. The van der Waals surface area contributed by atoms with E-state index in [9.17, 15) is 10.1 Å². The molecule has 6 heteroatoms. The summed E-state index contributed by atoms with van der Waals surface area (Å²) in [7, 11) is 0. The lowest BCUT2D eigenvalue weighted by Gasteiger charge is -2.14. The number of non-ortho nitro benzene ring substituents is 1. The van der Waals surface area contributed by atoms with Crippen LogP contribution in [0.5, 0.6) is 5.75 Å². The number of hydrogen-bond donors (Lipinski definition) is 1. The molecule has 144 valence electrons. The summed E-state index contributed by atoms with van der Waals surface area (Å²) in [6.45, 7) is 5.05. The van der Waals surface area contributed by atoms with Crippen LogP contribution in [0.1, 0.15) is 22.3 Å². The van der Waals surface area contributed by atoms with Gasteiger partial charge in [0, 0.05) is 35.0 Å². The lowest BCUT2D eigenvalue weighted by Crippen LogP contribution is -2.04. The molecule has 0 aromatic heterocycles. The van der Waals surface area contributed by atoms with Crippen LogP contribution in [-0.2, 0) is 13.2 Å². The third-order valence-corrected chi connectivity index (χ3v) is 4.79. The van der Waals surface area contributed by atoms with Gasteiger partial charge in [-0.15, -0.1) is 0 Å². The lowest BCUT2D eigenvalue weighted by molar-refractivity contribution is -0.384. The molecule has 0 amide bonds. The fourth-order valence-corrected chi connectivity index (χ4v) is 2.95. The summed E-state index contributed by atoms with van der Waals surface area (Å²) in [5.41, 5.74) is 5.37. The van der Waals surface area contributed by atoms with Crippen molar-refractivity contribution in [2.45, 2.75) is 27.0 Å². The number of benzene rings is 3. The van der Waals surface area contributed by atoms with Crippen molar-refractivity contribution in [2.75, 3.05) is 5.32 Å². The van der Waals surface area contributed by atoms with Gasteiger partial charge in [0.1, 0.15) is 12.4 Å². The molecule has 5 nitrogen and oxygen atoms in total. The van der Waals surface area contributed by atoms with Gasteiger partial charge in [-0.05, 0) is 73.0 Å². The molecule has 0 heterocycles. The number of anilines is 1. The van der Waals surface area contributed by atoms with E-state index in [4.69, 9.17) is 16.3 Å². The monoisotopic (exact) mass is 396 g/mol. The number of nitrogens with zero attached hydrogens (tertiary/aromatic N) is 1. The molecule has 0 atom stereocenters. The van der Waals surface area contributed by atoms with Crippen LogP contribution in [-0.4, -0.2) is 4.92 Å². The molecule has 1 N–H and O–H groups in total. The van der Waals surface area contributed by atoms with Crippen molar-refractivity contribution in [3.8, 4) is 5.75 Å². The molecule has 0 saturated carbocycles. The first kappa shape index (κ1) is 19.7. The van der Waals surface area contributed by atoms with Gasteiger partial charge in [-0.1, -0.05) is 17.7 Å². The number of hydrogen-bond acceptors (Lipinski definition) is 4. The molecule has 3 rings (SSSR count). The molecule has 0 aliphatic carbocycles. The molecule has 3 aromatic carbocycles. The quantitative estimate of drug-likeness (QED) is 0.389. The SMILES string of the molecule is Cc1ccc(NCc2cc(Cl)ccc2OCc2ccc([N+](=O)[O-])cc2)cc1C. The molecular formula is C22H21ClN2O3. The van der Waals surface area contributed by atoms with Crippen molar-refractivity contribution in [3.63, 3.8) is 0 Å². The molecule has 3 aromatic rings. The van der Waals surface area contributed by atoms with Gasteiger partial charge in [0.25, 0.3) is 5.69 Å². The highest BCUT2D eigenvalue weighted by Crippen LogP contribution is 2.26. The highest BCUT2D eigenvalue weighted by atomic mass is 35.5. The van der Waals surface area contributed by atoms with E-state index >= 15 is 0 Å². The van der Waals surface area contributed by atoms with E-state index in [0.29, 0.717) is 18.2 Å². The highest BCUT2D eigenvalue weighted by Gasteiger charge is 2.08. The second-order valence-corrected chi connectivity index (χ2v) is 7.05. The highest BCUT2D eigenvalue weighted by molar-refractivity contribution is 6.30. The van der Waals surface area contributed by atoms with Crippen LogP contribution in [0.4, 0.5) is 11.4 Å². The Balaban J connectivity index is 1.69. The zero-order chi connectivity index (χ0) is 20.1. The Hall–Kier alpha value is -3.05. The van der Waals surface area contributed by atoms with Crippen LogP contribution < -0.4 is 10.1 Å². The van der Waals surface area contributed by atoms with E-state index in [2.05, 4.69) is 31.3 Å². The average molecular weight is 397 g/mol. The lowest BCUT2D eigenvalue weighted by atomic mass is 10.1. The minimum Gasteiger partial charge on any atom is -0.489 e. The number of halogens is 1. The minimum atomic E-state index is -0.416. The maximum atomic E-state index is 10.8. The molecular weight excluding hydrogens is 376 g/mol. The Morgan fingerprint density at radius 1 is 1.00 bits per heavy atom. The van der Waals surface area contributed by atoms with Gasteiger partial charge in [-0.2, -0.15) is 0 Å². The normalized spacial score (nSPS) is 10.5. The van der Waals surface area contributed by atoms with Crippen molar-refractivity contribution >= 4 is 23.0 Å². The summed E-state index contributed by atoms with van der Waals surface area (Å²) >= 11 is 6.16. The fourth-order valence-electron chi connectivity index (χ4n) is 2.75. The van der Waals surface area contributed by atoms with E-state index in [1.165, 1.54) is 23.3 Å². The van der Waals surface area contributed by atoms with Crippen LogP contribution in [0, 0.1) is 24.0 Å². The maximum Gasteiger partial charge on any atom is 0.269 e. The fraction of sp³-hybridized carbons (Fsp3) is 0.182. The smallest absolute Gasteiger partial charge is 0.269 e. The number of ether oxygens (including phenoxy) is 1. The van der Waals surface area contributed by atoms with Gasteiger partial charge < -0.3 is 10.1 Å². The second-order valence-electron chi connectivity index (χ2n) is 6.62. The predicted molar refractivity (Wildman–Crippen MR) is 112 cm³/mol. The summed E-state index contributed by atoms with van der Waals surface area (Å²) in [5.74, 6) is 0.721. The molecule has 0 aliphatic rings. The van der Waals surface area contributed by atoms with Crippen molar-refractivity contribution in [2.24, 2.45) is 0 Å². The third-order valence-electron chi connectivity index (χ3n) is 4.55. The van der Waals surface area contributed by atoms with E-state index in [-0.39, 0.29) is 5.69 Å².